The van der Waals surface area contributed by atoms with Crippen molar-refractivity contribution in [1.82, 2.24) is 19.9 Å². The molecule has 8 heteroatoms. The number of nitrogens with one attached hydrogen (secondary N) is 1. The molecule has 0 atom stereocenters. The van der Waals surface area contributed by atoms with Gasteiger partial charge in [0.25, 0.3) is 5.91 Å². The highest BCUT2D eigenvalue weighted by Gasteiger charge is 2.23. The molecule has 0 bridgehead atoms. The SMILES string of the molecule is Cn1cc(Br)c2cc(C(=O)NC(C)(C)COc3ccc(C#N)cn3)cnc21. The summed E-state index contributed by atoms with van der Waals surface area (Å²) in [7, 11) is 1.90. The molecular formula is C19H18BrN5O2. The molecule has 3 heterocycles. The Kier molecular flexibility index (Phi) is 5.15. The largest absolute Gasteiger partial charge is 0.475 e. The first-order valence-electron chi connectivity index (χ1n) is 8.21. The number of nitriles is 1. The van der Waals surface area contributed by atoms with Gasteiger partial charge >= 0.3 is 0 Å². The Balaban J connectivity index is 1.68. The van der Waals surface area contributed by atoms with Crippen LogP contribution in [0, 0.1) is 11.3 Å². The van der Waals surface area contributed by atoms with Crippen LogP contribution < -0.4 is 10.1 Å². The van der Waals surface area contributed by atoms with Crippen molar-refractivity contribution in [3.63, 3.8) is 0 Å². The summed E-state index contributed by atoms with van der Waals surface area (Å²) >= 11 is 3.48. The second-order valence-corrected chi connectivity index (χ2v) is 7.66. The number of hydrogen-bond donors (Lipinski definition) is 1. The lowest BCUT2D eigenvalue weighted by molar-refractivity contribution is 0.0878. The number of carbonyl (C=O) groups is 1. The zero-order chi connectivity index (χ0) is 19.6. The summed E-state index contributed by atoms with van der Waals surface area (Å²) in [4.78, 5) is 21.1. The number of pyridine rings is 2. The van der Waals surface area contributed by atoms with Gasteiger partial charge < -0.3 is 14.6 Å². The molecule has 7 nitrogen and oxygen atoms in total. The van der Waals surface area contributed by atoms with E-state index in [4.69, 9.17) is 10.00 Å². The van der Waals surface area contributed by atoms with Crippen molar-refractivity contribution < 1.29 is 9.53 Å². The number of hydrogen-bond acceptors (Lipinski definition) is 5. The van der Waals surface area contributed by atoms with Gasteiger partial charge in [-0.2, -0.15) is 5.26 Å². The van der Waals surface area contributed by atoms with E-state index in [1.54, 1.807) is 24.4 Å². The summed E-state index contributed by atoms with van der Waals surface area (Å²) in [5.74, 6) is 0.161. The topological polar surface area (TPSA) is 92.8 Å². The van der Waals surface area contributed by atoms with E-state index < -0.39 is 5.54 Å². The quantitative estimate of drug-likeness (QED) is 0.674. The Morgan fingerprint density at radius 2 is 2.15 bits per heavy atom. The number of rotatable bonds is 5. The molecule has 3 aromatic heterocycles. The van der Waals surface area contributed by atoms with Gasteiger partial charge in [-0.1, -0.05) is 0 Å². The van der Waals surface area contributed by atoms with E-state index in [1.165, 1.54) is 6.20 Å². The van der Waals surface area contributed by atoms with Crippen molar-refractivity contribution in [2.45, 2.75) is 19.4 Å². The molecule has 0 saturated carbocycles. The van der Waals surface area contributed by atoms with Crippen LogP contribution in [-0.4, -0.2) is 32.6 Å². The van der Waals surface area contributed by atoms with Crippen molar-refractivity contribution in [3.05, 3.63) is 52.4 Å². The van der Waals surface area contributed by atoms with Crippen LogP contribution in [0.5, 0.6) is 5.88 Å². The number of ether oxygens (including phenoxy) is 1. The smallest absolute Gasteiger partial charge is 0.253 e. The molecule has 0 spiro atoms. The fourth-order valence-corrected chi connectivity index (χ4v) is 3.14. The summed E-state index contributed by atoms with van der Waals surface area (Å²) < 4.78 is 8.42. The number of aromatic nitrogens is 3. The van der Waals surface area contributed by atoms with Gasteiger partial charge in [0.15, 0.2) is 0 Å². The molecule has 0 saturated heterocycles. The van der Waals surface area contributed by atoms with Crippen LogP contribution in [0.3, 0.4) is 0 Å². The van der Waals surface area contributed by atoms with Crippen molar-refractivity contribution >= 4 is 32.9 Å². The zero-order valence-electron chi connectivity index (χ0n) is 15.2. The summed E-state index contributed by atoms with van der Waals surface area (Å²) in [5.41, 5.74) is 1.10. The molecule has 0 aliphatic carbocycles. The Labute approximate surface area is 165 Å². The van der Waals surface area contributed by atoms with Crippen LogP contribution in [-0.2, 0) is 7.05 Å². The Bertz CT molecular complexity index is 1030. The highest BCUT2D eigenvalue weighted by atomic mass is 79.9. The monoisotopic (exact) mass is 427 g/mol. The van der Waals surface area contributed by atoms with Gasteiger partial charge in [0.05, 0.1) is 16.7 Å². The van der Waals surface area contributed by atoms with E-state index in [0.717, 1.165) is 15.5 Å². The molecule has 0 radical (unpaired) electrons. The number of nitrogens with zero attached hydrogens (tertiary/aromatic N) is 4. The number of halogens is 1. The van der Waals surface area contributed by atoms with Crippen LogP contribution in [0.25, 0.3) is 11.0 Å². The first kappa shape index (κ1) is 18.9. The van der Waals surface area contributed by atoms with E-state index in [-0.39, 0.29) is 12.5 Å². The maximum absolute atomic E-state index is 12.6. The maximum Gasteiger partial charge on any atom is 0.253 e. The first-order valence-corrected chi connectivity index (χ1v) is 9.00. The van der Waals surface area contributed by atoms with Gasteiger partial charge in [0.2, 0.25) is 5.88 Å². The molecule has 0 aliphatic rings. The van der Waals surface area contributed by atoms with Crippen LogP contribution in [0.2, 0.25) is 0 Å². The predicted molar refractivity (Wildman–Crippen MR) is 104 cm³/mol. The van der Waals surface area contributed by atoms with Gasteiger partial charge in [-0.3, -0.25) is 4.79 Å². The molecule has 3 rings (SSSR count). The van der Waals surface area contributed by atoms with Gasteiger partial charge in [-0.05, 0) is 41.9 Å². The van der Waals surface area contributed by atoms with Crippen LogP contribution in [0.1, 0.15) is 29.8 Å². The minimum atomic E-state index is -0.629. The van der Waals surface area contributed by atoms with Crippen molar-refractivity contribution in [2.24, 2.45) is 7.05 Å². The third kappa shape index (κ3) is 4.26. The fourth-order valence-electron chi connectivity index (χ4n) is 2.54. The Morgan fingerprint density at radius 3 is 2.81 bits per heavy atom. The molecule has 1 N–H and O–H groups in total. The van der Waals surface area contributed by atoms with Crippen LogP contribution in [0.4, 0.5) is 0 Å². The van der Waals surface area contributed by atoms with E-state index in [1.807, 2.05) is 37.7 Å². The van der Waals surface area contributed by atoms with Crippen molar-refractivity contribution in [2.75, 3.05) is 6.61 Å². The summed E-state index contributed by atoms with van der Waals surface area (Å²) in [5, 5.41) is 12.6. The van der Waals surface area contributed by atoms with Crippen molar-refractivity contribution in [1.29, 1.82) is 5.26 Å². The molecule has 0 unspecified atom stereocenters. The molecule has 0 aromatic carbocycles. The Hall–Kier alpha value is -2.92. The fraction of sp³-hybridized carbons (Fsp3) is 0.263. The molecule has 138 valence electrons. The third-order valence-electron chi connectivity index (χ3n) is 3.93. The van der Waals surface area contributed by atoms with Crippen molar-refractivity contribution in [3.8, 4) is 11.9 Å². The van der Waals surface area contributed by atoms with Gasteiger partial charge in [-0.15, -0.1) is 0 Å². The Morgan fingerprint density at radius 1 is 1.37 bits per heavy atom. The minimum absolute atomic E-state index is 0.225. The second-order valence-electron chi connectivity index (χ2n) is 6.81. The maximum atomic E-state index is 12.6. The second kappa shape index (κ2) is 7.37. The number of aryl methyl sites for hydroxylation is 1. The van der Waals surface area contributed by atoms with Crippen LogP contribution >= 0.6 is 15.9 Å². The first-order chi connectivity index (χ1) is 12.8. The summed E-state index contributed by atoms with van der Waals surface area (Å²) in [6.45, 7) is 3.94. The molecule has 27 heavy (non-hydrogen) atoms. The average molecular weight is 428 g/mol. The molecule has 0 aliphatic heterocycles. The average Bonchev–Trinajstić information content (AvgIpc) is 2.93. The summed E-state index contributed by atoms with van der Waals surface area (Å²) in [6, 6.07) is 7.07. The van der Waals surface area contributed by atoms with Crippen LogP contribution in [0.15, 0.2) is 41.3 Å². The molecule has 0 fully saturated rings. The van der Waals surface area contributed by atoms with Gasteiger partial charge in [0.1, 0.15) is 18.3 Å². The van der Waals surface area contributed by atoms with Gasteiger partial charge in [0, 0.05) is 41.6 Å². The van der Waals surface area contributed by atoms with E-state index in [9.17, 15) is 4.79 Å². The number of amides is 1. The zero-order valence-corrected chi connectivity index (χ0v) is 16.7. The lowest BCUT2D eigenvalue weighted by Gasteiger charge is -2.26. The normalized spacial score (nSPS) is 11.2. The predicted octanol–water partition coefficient (Wildman–Crippen LogP) is 3.19. The number of fused-ring (bicyclic) bond motifs is 1. The number of carbonyl (C=O) groups excluding carboxylic acids is 1. The lowest BCUT2D eigenvalue weighted by Crippen LogP contribution is -2.47. The molecular weight excluding hydrogens is 410 g/mol. The summed E-state index contributed by atoms with van der Waals surface area (Å²) in [6.07, 6.45) is 4.91. The standard InChI is InChI=1S/C19H18BrN5O2/c1-19(2,11-27-16-5-4-12(7-21)8-22-16)24-18(26)13-6-14-15(20)10-25(3)17(14)23-9-13/h4-6,8-10H,11H2,1-3H3,(H,24,26). The highest BCUT2D eigenvalue weighted by Crippen LogP contribution is 2.25. The van der Waals surface area contributed by atoms with E-state index in [2.05, 4.69) is 31.2 Å². The highest BCUT2D eigenvalue weighted by molar-refractivity contribution is 9.10. The lowest BCUT2D eigenvalue weighted by atomic mass is 10.1. The minimum Gasteiger partial charge on any atom is -0.475 e. The van der Waals surface area contributed by atoms with E-state index in [0.29, 0.717) is 17.0 Å². The third-order valence-corrected chi connectivity index (χ3v) is 4.56. The molecule has 3 aromatic rings. The molecule has 1 amide bonds. The van der Waals surface area contributed by atoms with Gasteiger partial charge in [-0.25, -0.2) is 9.97 Å². The van der Waals surface area contributed by atoms with E-state index >= 15 is 0 Å².